The number of aryl methyl sites for hydroxylation is 1. The van der Waals surface area contributed by atoms with Crippen molar-refractivity contribution >= 4 is 0 Å². The largest absolute Gasteiger partial charge is 0.207 e. The molecule has 2 aromatic rings. The van der Waals surface area contributed by atoms with Gasteiger partial charge in [-0.1, -0.05) is 24.0 Å². The molecule has 0 bridgehead atoms. The van der Waals surface area contributed by atoms with E-state index in [2.05, 4.69) is 24.0 Å². The lowest BCUT2D eigenvalue weighted by atomic mass is 9.81. The molecular formula is C23H22F2. The number of allylic oxidation sites excluding steroid dienone is 2. The molecule has 0 aliphatic heterocycles. The van der Waals surface area contributed by atoms with Crippen LogP contribution >= 0.6 is 0 Å². The molecule has 0 nitrogen and oxygen atoms in total. The van der Waals surface area contributed by atoms with Gasteiger partial charge in [-0.25, -0.2) is 8.78 Å². The summed E-state index contributed by atoms with van der Waals surface area (Å²) >= 11 is 0. The van der Waals surface area contributed by atoms with Crippen molar-refractivity contribution in [3.05, 3.63) is 82.4 Å². The molecule has 2 heteroatoms. The van der Waals surface area contributed by atoms with Crippen LogP contribution in [-0.2, 0) is 12.8 Å². The van der Waals surface area contributed by atoms with E-state index in [-0.39, 0.29) is 11.6 Å². The number of hydrogen-bond donors (Lipinski definition) is 0. The van der Waals surface area contributed by atoms with Gasteiger partial charge in [-0.15, -0.1) is 0 Å². The maximum atomic E-state index is 14.4. The maximum Gasteiger partial charge on any atom is 0.139 e. The van der Waals surface area contributed by atoms with Crippen molar-refractivity contribution in [2.45, 2.75) is 39.0 Å². The third-order valence-electron chi connectivity index (χ3n) is 4.78. The molecule has 2 aromatic carbocycles. The predicted octanol–water partition coefficient (Wildman–Crippen LogP) is 5.83. The Kier molecular flexibility index (Phi) is 5.66. The Hall–Kier alpha value is -2.40. The van der Waals surface area contributed by atoms with E-state index in [0.29, 0.717) is 17.0 Å². The van der Waals surface area contributed by atoms with Gasteiger partial charge in [0.05, 0.1) is 5.56 Å². The normalized spacial score (nSPS) is 16.4. The minimum atomic E-state index is -0.297. The van der Waals surface area contributed by atoms with Gasteiger partial charge in [-0.2, -0.15) is 0 Å². The summed E-state index contributed by atoms with van der Waals surface area (Å²) in [5.41, 5.74) is 3.45. The summed E-state index contributed by atoms with van der Waals surface area (Å²) in [7, 11) is 0. The lowest BCUT2D eigenvalue weighted by Gasteiger charge is -2.24. The van der Waals surface area contributed by atoms with Crippen LogP contribution in [0.5, 0.6) is 0 Å². The van der Waals surface area contributed by atoms with Gasteiger partial charge in [0.25, 0.3) is 0 Å². The van der Waals surface area contributed by atoms with Crippen molar-refractivity contribution in [2.75, 3.05) is 0 Å². The lowest BCUT2D eigenvalue weighted by molar-refractivity contribution is 0.428. The minimum absolute atomic E-state index is 0.262. The molecule has 3 rings (SSSR count). The zero-order valence-corrected chi connectivity index (χ0v) is 14.5. The average molecular weight is 336 g/mol. The van der Waals surface area contributed by atoms with E-state index in [9.17, 15) is 8.78 Å². The second-order valence-electron chi connectivity index (χ2n) is 6.61. The highest BCUT2D eigenvalue weighted by molar-refractivity contribution is 5.47. The van der Waals surface area contributed by atoms with E-state index in [1.807, 2.05) is 13.0 Å². The van der Waals surface area contributed by atoms with E-state index in [1.54, 1.807) is 18.2 Å². The summed E-state index contributed by atoms with van der Waals surface area (Å²) in [5.74, 6) is 5.89. The number of benzene rings is 2. The zero-order valence-electron chi connectivity index (χ0n) is 14.5. The fourth-order valence-corrected chi connectivity index (χ4v) is 3.37. The third kappa shape index (κ3) is 4.57. The molecule has 0 aromatic heterocycles. The van der Waals surface area contributed by atoms with Crippen molar-refractivity contribution in [1.82, 2.24) is 0 Å². The molecular weight excluding hydrogens is 314 g/mol. The molecule has 25 heavy (non-hydrogen) atoms. The van der Waals surface area contributed by atoms with Crippen LogP contribution in [0.1, 0.15) is 48.4 Å². The van der Waals surface area contributed by atoms with E-state index in [0.717, 1.165) is 37.7 Å². The number of fused-ring (bicyclic) bond motifs is 1. The van der Waals surface area contributed by atoms with Crippen molar-refractivity contribution in [2.24, 2.45) is 5.92 Å². The van der Waals surface area contributed by atoms with Gasteiger partial charge in [-0.05, 0) is 92.5 Å². The minimum Gasteiger partial charge on any atom is -0.207 e. The standard InChI is InChI=1S/C23H22F2/c1-2-3-4-5-18-7-10-19-15-20(23(25)16-21(19)14-18)11-6-17-8-12-22(24)13-9-17/h2-3,8-9,12-13,15-16,18H,4-5,7,10,14H2,1H3/b3-2+. The van der Waals surface area contributed by atoms with Crippen LogP contribution in [0.3, 0.4) is 0 Å². The average Bonchev–Trinajstić information content (AvgIpc) is 2.61. The maximum absolute atomic E-state index is 14.4. The molecule has 0 heterocycles. The van der Waals surface area contributed by atoms with E-state index in [4.69, 9.17) is 0 Å². The summed E-state index contributed by atoms with van der Waals surface area (Å²) in [4.78, 5) is 0. The summed E-state index contributed by atoms with van der Waals surface area (Å²) < 4.78 is 27.3. The first-order valence-electron chi connectivity index (χ1n) is 8.85. The van der Waals surface area contributed by atoms with Gasteiger partial charge in [0.1, 0.15) is 11.6 Å². The summed E-state index contributed by atoms with van der Waals surface area (Å²) in [6.45, 7) is 2.04. The predicted molar refractivity (Wildman–Crippen MR) is 98.3 cm³/mol. The first-order valence-corrected chi connectivity index (χ1v) is 8.85. The first kappa shape index (κ1) is 17.4. The Bertz CT molecular complexity index is 820. The first-order chi connectivity index (χ1) is 12.2. The fourth-order valence-electron chi connectivity index (χ4n) is 3.37. The molecule has 0 amide bonds. The van der Waals surface area contributed by atoms with Crippen molar-refractivity contribution in [1.29, 1.82) is 0 Å². The van der Waals surface area contributed by atoms with Crippen LogP contribution < -0.4 is 0 Å². The smallest absolute Gasteiger partial charge is 0.139 e. The number of rotatable bonds is 3. The van der Waals surface area contributed by atoms with Crippen molar-refractivity contribution in [3.63, 3.8) is 0 Å². The van der Waals surface area contributed by atoms with E-state index < -0.39 is 0 Å². The van der Waals surface area contributed by atoms with Gasteiger partial charge >= 0.3 is 0 Å². The summed E-state index contributed by atoms with van der Waals surface area (Å²) in [5, 5.41) is 0. The SMILES string of the molecule is C/C=C/CCC1CCc2cc(C#Cc3ccc(F)cc3)c(F)cc2C1. The van der Waals surface area contributed by atoms with Gasteiger partial charge in [0.2, 0.25) is 0 Å². The van der Waals surface area contributed by atoms with E-state index >= 15 is 0 Å². The van der Waals surface area contributed by atoms with Gasteiger partial charge in [0.15, 0.2) is 0 Å². The topological polar surface area (TPSA) is 0 Å². The van der Waals surface area contributed by atoms with Crippen LogP contribution in [-0.4, -0.2) is 0 Å². The molecule has 0 radical (unpaired) electrons. The molecule has 0 fully saturated rings. The van der Waals surface area contributed by atoms with Gasteiger partial charge in [-0.3, -0.25) is 0 Å². The van der Waals surface area contributed by atoms with Crippen LogP contribution in [0.25, 0.3) is 0 Å². The summed E-state index contributed by atoms with van der Waals surface area (Å²) in [6.07, 6.45) is 9.64. The van der Waals surface area contributed by atoms with Crippen LogP contribution in [0.4, 0.5) is 8.78 Å². The Balaban J connectivity index is 1.76. The molecule has 1 unspecified atom stereocenters. The van der Waals surface area contributed by atoms with Gasteiger partial charge < -0.3 is 0 Å². The Morgan fingerprint density at radius 2 is 1.88 bits per heavy atom. The van der Waals surface area contributed by atoms with E-state index in [1.165, 1.54) is 17.7 Å². The quantitative estimate of drug-likeness (QED) is 0.489. The molecule has 0 saturated heterocycles. The second-order valence-corrected chi connectivity index (χ2v) is 6.61. The molecule has 0 N–H and O–H groups in total. The highest BCUT2D eigenvalue weighted by atomic mass is 19.1. The van der Waals surface area contributed by atoms with Crippen LogP contribution in [0, 0.1) is 29.4 Å². The molecule has 1 aliphatic rings. The number of halogens is 2. The Labute approximate surface area is 148 Å². The molecule has 128 valence electrons. The van der Waals surface area contributed by atoms with Crippen LogP contribution in [0.15, 0.2) is 48.6 Å². The molecule has 1 atom stereocenters. The van der Waals surface area contributed by atoms with Crippen molar-refractivity contribution in [3.8, 4) is 11.8 Å². The van der Waals surface area contributed by atoms with Crippen molar-refractivity contribution < 1.29 is 8.78 Å². The fraction of sp³-hybridized carbons (Fsp3) is 0.304. The Morgan fingerprint density at radius 3 is 2.64 bits per heavy atom. The zero-order chi connectivity index (χ0) is 17.6. The molecule has 0 spiro atoms. The van der Waals surface area contributed by atoms with Gasteiger partial charge in [0, 0.05) is 5.56 Å². The molecule has 1 aliphatic carbocycles. The highest BCUT2D eigenvalue weighted by Crippen LogP contribution is 2.30. The lowest BCUT2D eigenvalue weighted by Crippen LogP contribution is -2.15. The number of hydrogen-bond acceptors (Lipinski definition) is 0. The summed E-state index contributed by atoms with van der Waals surface area (Å²) in [6, 6.07) is 9.49. The second kappa shape index (κ2) is 8.12. The third-order valence-corrected chi connectivity index (χ3v) is 4.78. The molecule has 0 saturated carbocycles. The highest BCUT2D eigenvalue weighted by Gasteiger charge is 2.19. The monoisotopic (exact) mass is 336 g/mol. The Morgan fingerprint density at radius 1 is 1.08 bits per heavy atom. The van der Waals surface area contributed by atoms with Crippen LogP contribution in [0.2, 0.25) is 0 Å².